The van der Waals surface area contributed by atoms with Gasteiger partial charge in [-0.25, -0.2) is 0 Å². The van der Waals surface area contributed by atoms with Crippen molar-refractivity contribution >= 4 is 23.7 Å². The normalized spacial score (nSPS) is 27.3. The first kappa shape index (κ1) is 36.8. The average molecular weight is 678 g/mol. The predicted octanol–water partition coefficient (Wildman–Crippen LogP) is 4.97. The smallest absolute Gasteiger partial charge is 0.313 e. The Morgan fingerprint density at radius 3 is 2.49 bits per heavy atom. The lowest BCUT2D eigenvalue weighted by Gasteiger charge is -2.40. The number of carbonyl (C=O) groups is 4. The summed E-state index contributed by atoms with van der Waals surface area (Å²) in [6.07, 6.45) is 11.0. The Morgan fingerprint density at radius 2 is 1.82 bits per heavy atom. The van der Waals surface area contributed by atoms with Gasteiger partial charge in [-0.05, 0) is 63.9 Å². The lowest BCUT2D eigenvalue weighted by atomic mass is 9.70. The number of esters is 1. The first-order valence-electron chi connectivity index (χ1n) is 18.3. The maximum Gasteiger partial charge on any atom is 0.313 e. The van der Waals surface area contributed by atoms with Crippen LogP contribution >= 0.6 is 0 Å². The highest BCUT2D eigenvalue weighted by Crippen LogP contribution is 2.59. The third-order valence-electron chi connectivity index (χ3n) is 11.4. The lowest BCUT2D eigenvalue weighted by molar-refractivity contribution is -0.164. The van der Waals surface area contributed by atoms with E-state index >= 15 is 0 Å². The number of likely N-dealkylation sites (N-methyl/N-ethyl adjacent to an activating group) is 1. The van der Waals surface area contributed by atoms with Gasteiger partial charge >= 0.3 is 5.97 Å². The summed E-state index contributed by atoms with van der Waals surface area (Å²) in [5.41, 5.74) is -0.381. The molecule has 10 heteroatoms. The second-order valence-electron chi connectivity index (χ2n) is 14.3. The standard InChI is InChI=1S/C39H55N3O7/c1-5-7-21-31(44)40(4)27(3)34(28-17-11-8-12-18-28)48-38(47)32-30-22-23-39(49-30)33(32)36(45)42(25-15-10-16-26-43)35(39)37(46)41(24-6-2)29-19-13-9-14-20-29/h5-6,8,11-12,17-18,27,29-30,32-35,43H,1-2,7,9-10,13-16,19-26H2,3-4H3/t27-,30-,32+,33+,34+,35-,39+/m1/s1. The molecule has 3 aliphatic heterocycles. The van der Waals surface area contributed by atoms with Gasteiger partial charge < -0.3 is 29.3 Å². The Morgan fingerprint density at radius 1 is 1.08 bits per heavy atom. The van der Waals surface area contributed by atoms with Gasteiger partial charge in [0.2, 0.25) is 17.7 Å². The van der Waals surface area contributed by atoms with E-state index in [2.05, 4.69) is 13.2 Å². The number of hydrogen-bond donors (Lipinski definition) is 1. The summed E-state index contributed by atoms with van der Waals surface area (Å²) in [7, 11) is 1.71. The van der Waals surface area contributed by atoms with Crippen molar-refractivity contribution < 1.29 is 33.8 Å². The Hall–Kier alpha value is -3.50. The van der Waals surface area contributed by atoms with Gasteiger partial charge in [-0.15, -0.1) is 13.2 Å². The molecule has 4 fully saturated rings. The molecule has 0 aromatic heterocycles. The third-order valence-corrected chi connectivity index (χ3v) is 11.4. The molecule has 1 spiro atoms. The summed E-state index contributed by atoms with van der Waals surface area (Å²) in [6.45, 7) is 10.3. The van der Waals surface area contributed by atoms with Crippen molar-refractivity contribution in [3.63, 3.8) is 0 Å². The maximum atomic E-state index is 14.8. The number of aliphatic hydroxyl groups is 1. The minimum Gasteiger partial charge on any atom is -0.455 e. The van der Waals surface area contributed by atoms with Gasteiger partial charge in [0.15, 0.2) is 0 Å². The molecule has 0 unspecified atom stereocenters. The number of rotatable bonds is 17. The minimum atomic E-state index is -1.13. The van der Waals surface area contributed by atoms with Crippen LogP contribution in [0.5, 0.6) is 0 Å². The number of carbonyl (C=O) groups excluding carboxylic acids is 4. The molecule has 268 valence electrons. The molecule has 3 heterocycles. The van der Waals surface area contributed by atoms with Crippen LogP contribution in [0.3, 0.4) is 0 Å². The Kier molecular flexibility index (Phi) is 12.4. The highest BCUT2D eigenvalue weighted by atomic mass is 16.6. The number of benzene rings is 1. The largest absolute Gasteiger partial charge is 0.455 e. The van der Waals surface area contributed by atoms with Crippen LogP contribution < -0.4 is 0 Å². The van der Waals surface area contributed by atoms with Crippen LogP contribution in [0.15, 0.2) is 55.6 Å². The van der Waals surface area contributed by atoms with Crippen LogP contribution in [0.1, 0.15) is 95.6 Å². The molecular weight excluding hydrogens is 622 g/mol. The van der Waals surface area contributed by atoms with E-state index in [-0.39, 0.29) is 30.4 Å². The second kappa shape index (κ2) is 16.5. The second-order valence-corrected chi connectivity index (χ2v) is 14.3. The first-order chi connectivity index (χ1) is 23.7. The third kappa shape index (κ3) is 7.36. The lowest BCUT2D eigenvalue weighted by Crippen LogP contribution is -2.58. The fourth-order valence-electron chi connectivity index (χ4n) is 8.74. The van der Waals surface area contributed by atoms with Crippen molar-refractivity contribution in [1.82, 2.24) is 14.7 Å². The number of allylic oxidation sites excluding steroid dienone is 1. The van der Waals surface area contributed by atoms with Gasteiger partial charge in [0.1, 0.15) is 17.7 Å². The fraction of sp³-hybridized carbons (Fsp3) is 0.641. The molecule has 3 saturated heterocycles. The molecule has 1 saturated carbocycles. The maximum absolute atomic E-state index is 14.8. The van der Waals surface area contributed by atoms with E-state index in [0.717, 1.165) is 37.7 Å². The van der Waals surface area contributed by atoms with Crippen molar-refractivity contribution in [1.29, 1.82) is 0 Å². The number of nitrogens with zero attached hydrogens (tertiary/aromatic N) is 3. The van der Waals surface area contributed by atoms with E-state index in [4.69, 9.17) is 9.47 Å². The van der Waals surface area contributed by atoms with E-state index in [0.29, 0.717) is 58.0 Å². The molecule has 0 radical (unpaired) electrons. The summed E-state index contributed by atoms with van der Waals surface area (Å²) in [5, 5.41) is 9.39. The number of hydrogen-bond acceptors (Lipinski definition) is 7. The number of unbranched alkanes of at least 4 members (excludes halogenated alkanes) is 2. The van der Waals surface area contributed by atoms with E-state index in [9.17, 15) is 24.3 Å². The molecule has 3 amide bonds. The summed E-state index contributed by atoms with van der Waals surface area (Å²) in [4.78, 5) is 61.9. The zero-order valence-corrected chi connectivity index (χ0v) is 29.3. The summed E-state index contributed by atoms with van der Waals surface area (Å²) in [6, 6.07) is 8.09. The van der Waals surface area contributed by atoms with Crippen LogP contribution in [-0.4, -0.2) is 100 Å². The van der Waals surface area contributed by atoms with Crippen LogP contribution in [0.2, 0.25) is 0 Å². The Balaban J connectivity index is 1.45. The molecule has 7 atom stereocenters. The highest BCUT2D eigenvalue weighted by molar-refractivity contribution is 5.98. The molecule has 4 aliphatic rings. The van der Waals surface area contributed by atoms with Crippen molar-refractivity contribution in [3.05, 3.63) is 61.2 Å². The Labute approximate surface area is 291 Å². The predicted molar refractivity (Wildman–Crippen MR) is 186 cm³/mol. The first-order valence-corrected chi connectivity index (χ1v) is 18.3. The highest BCUT2D eigenvalue weighted by Gasteiger charge is 2.75. The van der Waals surface area contributed by atoms with Gasteiger partial charge in [-0.3, -0.25) is 19.2 Å². The van der Waals surface area contributed by atoms with Gasteiger partial charge in [-0.2, -0.15) is 0 Å². The van der Waals surface area contributed by atoms with E-state index in [1.165, 1.54) is 0 Å². The molecule has 2 bridgehead atoms. The average Bonchev–Trinajstić information content (AvgIpc) is 3.77. The van der Waals surface area contributed by atoms with Crippen LogP contribution in [-0.2, 0) is 28.7 Å². The monoisotopic (exact) mass is 677 g/mol. The number of fused-ring (bicyclic) bond motifs is 1. The van der Waals surface area contributed by atoms with Crippen LogP contribution in [0.4, 0.5) is 0 Å². The molecule has 1 N–H and O–H groups in total. The molecule has 1 aromatic rings. The van der Waals surface area contributed by atoms with E-state index in [1.54, 1.807) is 29.0 Å². The number of ether oxygens (including phenoxy) is 2. The zero-order chi connectivity index (χ0) is 35.1. The van der Waals surface area contributed by atoms with Gasteiger partial charge in [0, 0.05) is 39.2 Å². The number of aliphatic hydroxyl groups excluding tert-OH is 1. The molecular formula is C39H55N3O7. The molecule has 5 rings (SSSR count). The fourth-order valence-corrected chi connectivity index (χ4v) is 8.74. The van der Waals surface area contributed by atoms with Crippen LogP contribution in [0, 0.1) is 11.8 Å². The van der Waals surface area contributed by atoms with Crippen molar-refractivity contribution in [2.45, 2.75) is 120 Å². The SMILES string of the molecule is C=CCCC(=O)N(C)[C@H](C)[C@H](OC(=O)[C@@H]1[C@H]2C(=O)N(CCCCCO)[C@H](C(=O)N(CC=C)C3CCCCC3)[C@]23CC[C@H]1O3)c1ccccc1. The van der Waals surface area contributed by atoms with E-state index < -0.39 is 47.7 Å². The van der Waals surface area contributed by atoms with E-state index in [1.807, 2.05) is 42.2 Å². The molecule has 1 aliphatic carbocycles. The molecule has 49 heavy (non-hydrogen) atoms. The number of amides is 3. The summed E-state index contributed by atoms with van der Waals surface area (Å²) >= 11 is 0. The minimum absolute atomic E-state index is 0.0619. The van der Waals surface area contributed by atoms with Crippen molar-refractivity contribution in [2.75, 3.05) is 26.7 Å². The van der Waals surface area contributed by atoms with Gasteiger partial charge in [-0.1, -0.05) is 61.7 Å². The molecule has 10 nitrogen and oxygen atoms in total. The van der Waals surface area contributed by atoms with Crippen molar-refractivity contribution in [3.8, 4) is 0 Å². The topological polar surface area (TPSA) is 117 Å². The van der Waals surface area contributed by atoms with Gasteiger partial charge in [0.25, 0.3) is 0 Å². The Bertz CT molecular complexity index is 1350. The number of likely N-dealkylation sites (tertiary alicyclic amines) is 1. The summed E-state index contributed by atoms with van der Waals surface area (Å²) in [5.74, 6) is -2.72. The van der Waals surface area contributed by atoms with Crippen molar-refractivity contribution in [2.24, 2.45) is 11.8 Å². The van der Waals surface area contributed by atoms with Crippen LogP contribution in [0.25, 0.3) is 0 Å². The summed E-state index contributed by atoms with van der Waals surface area (Å²) < 4.78 is 13.1. The van der Waals surface area contributed by atoms with Gasteiger partial charge in [0.05, 0.1) is 24.0 Å². The quantitative estimate of drug-likeness (QED) is 0.141. The molecule has 1 aromatic carbocycles. The zero-order valence-electron chi connectivity index (χ0n) is 29.3.